The van der Waals surface area contributed by atoms with E-state index in [1.165, 1.54) is 0 Å². The molecule has 0 aliphatic carbocycles. The molecule has 0 bridgehead atoms. The van der Waals surface area contributed by atoms with E-state index < -0.39 is 17.9 Å². The van der Waals surface area contributed by atoms with Crippen molar-refractivity contribution in [3.8, 4) is 0 Å². The maximum atomic E-state index is 11.4. The summed E-state index contributed by atoms with van der Waals surface area (Å²) in [6.07, 6.45) is 0. The predicted octanol–water partition coefficient (Wildman–Crippen LogP) is 0.965. The maximum Gasteiger partial charge on any atom is 0.330 e. The van der Waals surface area contributed by atoms with Crippen molar-refractivity contribution in [3.63, 3.8) is 0 Å². The van der Waals surface area contributed by atoms with E-state index in [0.29, 0.717) is 12.2 Å². The highest BCUT2D eigenvalue weighted by molar-refractivity contribution is 5.85. The number of rotatable bonds is 6. The number of ether oxygens (including phenoxy) is 1. The molecule has 2 N–H and O–H groups in total. The summed E-state index contributed by atoms with van der Waals surface area (Å²) in [4.78, 5) is 22.4. The first-order valence-electron chi connectivity index (χ1n) is 5.30. The van der Waals surface area contributed by atoms with E-state index in [1.54, 1.807) is 37.3 Å². The standard InChI is InChI=1S/C12H15NO4/c1-2-17-8-10(14)13-11(12(15)16)9-6-4-3-5-7-9/h3-7,11H,2,8H2,1H3,(H,13,14)(H,15,16)/t11-/m1/s1. The van der Waals surface area contributed by atoms with Gasteiger partial charge >= 0.3 is 5.97 Å². The molecule has 0 fully saturated rings. The lowest BCUT2D eigenvalue weighted by Crippen LogP contribution is -2.36. The Morgan fingerprint density at radius 3 is 2.53 bits per heavy atom. The fourth-order valence-corrected chi connectivity index (χ4v) is 1.33. The van der Waals surface area contributed by atoms with E-state index in [4.69, 9.17) is 9.84 Å². The summed E-state index contributed by atoms with van der Waals surface area (Å²) in [5.74, 6) is -1.54. The van der Waals surface area contributed by atoms with Crippen LogP contribution in [0.3, 0.4) is 0 Å². The predicted molar refractivity (Wildman–Crippen MR) is 61.5 cm³/mol. The minimum atomic E-state index is -1.10. The highest BCUT2D eigenvalue weighted by atomic mass is 16.5. The maximum absolute atomic E-state index is 11.4. The fourth-order valence-electron chi connectivity index (χ4n) is 1.33. The van der Waals surface area contributed by atoms with Gasteiger partial charge in [-0.05, 0) is 12.5 Å². The van der Waals surface area contributed by atoms with Crippen LogP contribution >= 0.6 is 0 Å². The van der Waals surface area contributed by atoms with Crippen molar-refractivity contribution < 1.29 is 19.4 Å². The molecule has 0 heterocycles. The van der Waals surface area contributed by atoms with Gasteiger partial charge in [0.2, 0.25) is 5.91 Å². The third-order valence-electron chi connectivity index (χ3n) is 2.12. The Kier molecular flexibility index (Phi) is 5.16. The second-order valence-electron chi connectivity index (χ2n) is 3.39. The van der Waals surface area contributed by atoms with Crippen molar-refractivity contribution in [1.82, 2.24) is 5.32 Å². The number of hydrogen-bond donors (Lipinski definition) is 2. The number of carbonyl (C=O) groups excluding carboxylic acids is 1. The molecule has 0 saturated heterocycles. The van der Waals surface area contributed by atoms with Crippen molar-refractivity contribution in [2.75, 3.05) is 13.2 Å². The SMILES string of the molecule is CCOCC(=O)N[C@@H](C(=O)O)c1ccccc1. The molecule has 0 aliphatic heterocycles. The number of carbonyl (C=O) groups is 2. The molecule has 1 rings (SSSR count). The molecule has 1 amide bonds. The van der Waals surface area contributed by atoms with Crippen molar-refractivity contribution in [3.05, 3.63) is 35.9 Å². The lowest BCUT2D eigenvalue weighted by Gasteiger charge is -2.14. The Balaban J connectivity index is 2.68. The number of hydrogen-bond acceptors (Lipinski definition) is 3. The molecule has 0 spiro atoms. The van der Waals surface area contributed by atoms with Crippen LogP contribution in [0.4, 0.5) is 0 Å². The summed E-state index contributed by atoms with van der Waals surface area (Å²) in [6.45, 7) is 2.04. The number of carboxylic acid groups (broad SMARTS) is 1. The molecule has 0 aromatic heterocycles. The molecule has 17 heavy (non-hydrogen) atoms. The molecule has 92 valence electrons. The number of benzene rings is 1. The minimum absolute atomic E-state index is 0.132. The van der Waals surface area contributed by atoms with Gasteiger partial charge in [-0.1, -0.05) is 30.3 Å². The molecule has 1 aromatic carbocycles. The topological polar surface area (TPSA) is 75.6 Å². The van der Waals surface area contributed by atoms with Gasteiger partial charge < -0.3 is 15.2 Å². The quantitative estimate of drug-likeness (QED) is 0.772. The first-order valence-corrected chi connectivity index (χ1v) is 5.30. The van der Waals surface area contributed by atoms with Crippen LogP contribution in [0, 0.1) is 0 Å². The van der Waals surface area contributed by atoms with Crippen LogP contribution in [0.2, 0.25) is 0 Å². The van der Waals surface area contributed by atoms with Gasteiger partial charge in [-0.15, -0.1) is 0 Å². The summed E-state index contributed by atoms with van der Waals surface area (Å²) < 4.78 is 4.91. The number of carboxylic acids is 1. The Hall–Kier alpha value is -1.88. The highest BCUT2D eigenvalue weighted by Crippen LogP contribution is 2.12. The highest BCUT2D eigenvalue weighted by Gasteiger charge is 2.21. The Morgan fingerprint density at radius 2 is 2.00 bits per heavy atom. The lowest BCUT2D eigenvalue weighted by atomic mass is 10.1. The van der Waals surface area contributed by atoms with Crippen LogP contribution in [-0.4, -0.2) is 30.2 Å². The smallest absolute Gasteiger partial charge is 0.330 e. The Morgan fingerprint density at radius 1 is 1.35 bits per heavy atom. The van der Waals surface area contributed by atoms with Gasteiger partial charge in [-0.2, -0.15) is 0 Å². The largest absolute Gasteiger partial charge is 0.479 e. The number of aliphatic carboxylic acids is 1. The summed E-state index contributed by atoms with van der Waals surface area (Å²) in [5.41, 5.74) is 0.532. The molecular formula is C12H15NO4. The fraction of sp³-hybridized carbons (Fsp3) is 0.333. The third-order valence-corrected chi connectivity index (χ3v) is 2.12. The minimum Gasteiger partial charge on any atom is -0.479 e. The van der Waals surface area contributed by atoms with Crippen LogP contribution < -0.4 is 5.32 Å². The van der Waals surface area contributed by atoms with E-state index >= 15 is 0 Å². The molecule has 0 aliphatic rings. The van der Waals surface area contributed by atoms with Crippen LogP contribution in [0.15, 0.2) is 30.3 Å². The zero-order chi connectivity index (χ0) is 12.7. The number of nitrogens with one attached hydrogen (secondary N) is 1. The van der Waals surface area contributed by atoms with E-state index in [1.807, 2.05) is 0 Å². The molecule has 1 atom stereocenters. The molecule has 1 aromatic rings. The van der Waals surface area contributed by atoms with Crippen LogP contribution in [0.25, 0.3) is 0 Å². The lowest BCUT2D eigenvalue weighted by molar-refractivity contribution is -0.142. The van der Waals surface area contributed by atoms with Crippen LogP contribution in [0.1, 0.15) is 18.5 Å². The molecular weight excluding hydrogens is 222 g/mol. The van der Waals surface area contributed by atoms with Crippen LogP contribution in [0.5, 0.6) is 0 Å². The Labute approximate surface area is 99.4 Å². The van der Waals surface area contributed by atoms with Crippen molar-refractivity contribution in [1.29, 1.82) is 0 Å². The summed E-state index contributed by atoms with van der Waals surface area (Å²) >= 11 is 0. The second kappa shape index (κ2) is 6.65. The number of amides is 1. The third kappa shape index (κ3) is 4.24. The van der Waals surface area contributed by atoms with Gasteiger partial charge in [-0.25, -0.2) is 4.79 Å². The van der Waals surface area contributed by atoms with Gasteiger partial charge in [0.05, 0.1) is 0 Å². The van der Waals surface area contributed by atoms with E-state index in [2.05, 4.69) is 5.32 Å². The van der Waals surface area contributed by atoms with E-state index in [-0.39, 0.29) is 6.61 Å². The van der Waals surface area contributed by atoms with E-state index in [0.717, 1.165) is 0 Å². The first kappa shape index (κ1) is 13.2. The summed E-state index contributed by atoms with van der Waals surface area (Å²) in [5, 5.41) is 11.4. The van der Waals surface area contributed by atoms with Gasteiger partial charge in [-0.3, -0.25) is 4.79 Å². The van der Waals surface area contributed by atoms with Gasteiger partial charge in [0, 0.05) is 6.61 Å². The zero-order valence-corrected chi connectivity index (χ0v) is 9.55. The van der Waals surface area contributed by atoms with Gasteiger partial charge in [0.25, 0.3) is 0 Å². The molecule has 5 heteroatoms. The molecule has 0 saturated carbocycles. The normalized spacial score (nSPS) is 11.8. The monoisotopic (exact) mass is 237 g/mol. The second-order valence-corrected chi connectivity index (χ2v) is 3.39. The van der Waals surface area contributed by atoms with Gasteiger partial charge in [0.15, 0.2) is 6.04 Å². The molecule has 5 nitrogen and oxygen atoms in total. The Bertz CT molecular complexity index is 377. The zero-order valence-electron chi connectivity index (χ0n) is 9.55. The van der Waals surface area contributed by atoms with E-state index in [9.17, 15) is 9.59 Å². The molecule has 0 radical (unpaired) electrons. The van der Waals surface area contributed by atoms with Gasteiger partial charge in [0.1, 0.15) is 6.61 Å². The average molecular weight is 237 g/mol. The van der Waals surface area contributed by atoms with Crippen LogP contribution in [-0.2, 0) is 14.3 Å². The molecule has 0 unspecified atom stereocenters. The summed E-state index contributed by atoms with van der Waals surface area (Å²) in [6, 6.07) is 7.49. The first-order chi connectivity index (χ1) is 8.15. The van der Waals surface area contributed by atoms with Crippen molar-refractivity contribution in [2.24, 2.45) is 0 Å². The average Bonchev–Trinajstić information content (AvgIpc) is 2.34. The van der Waals surface area contributed by atoms with Crippen molar-refractivity contribution in [2.45, 2.75) is 13.0 Å². The van der Waals surface area contributed by atoms with Crippen molar-refractivity contribution >= 4 is 11.9 Å². The summed E-state index contributed by atoms with van der Waals surface area (Å²) in [7, 11) is 0.